The molecule has 0 aromatic carbocycles. The smallest absolute Gasteiger partial charge is 0.279 e. The second-order valence-electron chi connectivity index (χ2n) is 4.25. The van der Waals surface area contributed by atoms with Gasteiger partial charge in [0.25, 0.3) is 10.2 Å². The van der Waals surface area contributed by atoms with E-state index in [2.05, 4.69) is 10.0 Å². The second-order valence-corrected chi connectivity index (χ2v) is 5.96. The van der Waals surface area contributed by atoms with Gasteiger partial charge in [-0.3, -0.25) is 0 Å². The molecular weight excluding hydrogens is 214 g/mol. The maximum Gasteiger partial charge on any atom is 0.279 e. The minimum atomic E-state index is -3.20. The van der Waals surface area contributed by atoms with E-state index < -0.39 is 10.2 Å². The summed E-state index contributed by atoms with van der Waals surface area (Å²) in [6.45, 7) is 3.18. The van der Waals surface area contributed by atoms with Gasteiger partial charge in [-0.2, -0.15) is 17.4 Å². The molecule has 2 fully saturated rings. The summed E-state index contributed by atoms with van der Waals surface area (Å²) in [7, 11) is -3.20. The highest BCUT2D eigenvalue weighted by Crippen LogP contribution is 2.13. The van der Waals surface area contributed by atoms with Crippen molar-refractivity contribution in [3.63, 3.8) is 0 Å². The molecule has 2 rings (SSSR count). The van der Waals surface area contributed by atoms with Crippen LogP contribution in [0.25, 0.3) is 0 Å². The van der Waals surface area contributed by atoms with Crippen molar-refractivity contribution in [3.8, 4) is 0 Å². The predicted octanol–water partition coefficient (Wildman–Crippen LogP) is -0.331. The Labute approximate surface area is 91.4 Å². The fraction of sp³-hybridized carbons (Fsp3) is 1.00. The van der Waals surface area contributed by atoms with Crippen molar-refractivity contribution >= 4 is 10.2 Å². The van der Waals surface area contributed by atoms with E-state index in [4.69, 9.17) is 0 Å². The summed E-state index contributed by atoms with van der Waals surface area (Å²) in [6.07, 6.45) is 3.78. The Hall–Kier alpha value is -0.170. The fourth-order valence-corrected chi connectivity index (χ4v) is 3.70. The van der Waals surface area contributed by atoms with Crippen molar-refractivity contribution in [1.82, 2.24) is 14.3 Å². The van der Waals surface area contributed by atoms with Gasteiger partial charge in [-0.05, 0) is 38.8 Å². The second kappa shape index (κ2) is 4.78. The highest BCUT2D eigenvalue weighted by atomic mass is 32.2. The molecule has 0 aliphatic carbocycles. The van der Waals surface area contributed by atoms with E-state index in [1.807, 2.05) is 0 Å². The average molecular weight is 233 g/mol. The first-order valence-electron chi connectivity index (χ1n) is 5.66. The summed E-state index contributed by atoms with van der Waals surface area (Å²) in [5, 5.41) is 3.22. The lowest BCUT2D eigenvalue weighted by Crippen LogP contribution is -2.47. The van der Waals surface area contributed by atoms with Crippen molar-refractivity contribution in [2.45, 2.75) is 31.7 Å². The zero-order chi connectivity index (χ0) is 10.7. The van der Waals surface area contributed by atoms with E-state index >= 15 is 0 Å². The minimum Gasteiger partial charge on any atom is -0.317 e. The third kappa shape index (κ3) is 2.90. The van der Waals surface area contributed by atoms with E-state index in [0.29, 0.717) is 13.1 Å². The van der Waals surface area contributed by atoms with Gasteiger partial charge in [-0.25, -0.2) is 0 Å². The first-order chi connectivity index (χ1) is 7.18. The summed E-state index contributed by atoms with van der Waals surface area (Å²) in [5.41, 5.74) is 0. The normalized spacial score (nSPS) is 25.9. The molecule has 2 aliphatic rings. The van der Waals surface area contributed by atoms with Crippen molar-refractivity contribution in [3.05, 3.63) is 0 Å². The quantitative estimate of drug-likeness (QED) is 0.701. The van der Waals surface area contributed by atoms with Crippen molar-refractivity contribution in [2.24, 2.45) is 0 Å². The third-order valence-corrected chi connectivity index (χ3v) is 4.74. The van der Waals surface area contributed by atoms with Gasteiger partial charge in [0, 0.05) is 19.1 Å². The van der Waals surface area contributed by atoms with E-state index in [-0.39, 0.29) is 6.04 Å². The van der Waals surface area contributed by atoms with Crippen LogP contribution in [0.3, 0.4) is 0 Å². The van der Waals surface area contributed by atoms with Gasteiger partial charge in [-0.1, -0.05) is 0 Å². The molecule has 0 saturated carbocycles. The molecule has 15 heavy (non-hydrogen) atoms. The molecule has 0 bridgehead atoms. The summed E-state index contributed by atoms with van der Waals surface area (Å²) in [4.78, 5) is 0. The van der Waals surface area contributed by atoms with Crippen LogP contribution in [-0.2, 0) is 10.2 Å². The Balaban J connectivity index is 1.90. The molecule has 0 atom stereocenters. The minimum absolute atomic E-state index is 0.122. The van der Waals surface area contributed by atoms with E-state index in [1.54, 1.807) is 4.31 Å². The number of hydrogen-bond acceptors (Lipinski definition) is 3. The Kier molecular flexibility index (Phi) is 3.60. The standard InChI is InChI=1S/C9H19N3O2S/c13-15(14,12-7-1-2-8-12)11-9-3-5-10-6-4-9/h9-11H,1-8H2. The molecule has 0 amide bonds. The fourth-order valence-electron chi connectivity index (χ4n) is 2.15. The molecule has 0 radical (unpaired) electrons. The van der Waals surface area contributed by atoms with Crippen LogP contribution >= 0.6 is 0 Å². The van der Waals surface area contributed by atoms with Gasteiger partial charge in [-0.15, -0.1) is 0 Å². The number of piperidine rings is 1. The van der Waals surface area contributed by atoms with Crippen LogP contribution in [-0.4, -0.2) is 44.9 Å². The molecular formula is C9H19N3O2S. The van der Waals surface area contributed by atoms with Gasteiger partial charge in [0.1, 0.15) is 0 Å². The number of nitrogens with one attached hydrogen (secondary N) is 2. The number of hydrogen-bond donors (Lipinski definition) is 2. The zero-order valence-electron chi connectivity index (χ0n) is 8.91. The maximum absolute atomic E-state index is 11.9. The van der Waals surface area contributed by atoms with Gasteiger partial charge in [0.15, 0.2) is 0 Å². The maximum atomic E-state index is 11.9. The van der Waals surface area contributed by atoms with Crippen molar-refractivity contribution < 1.29 is 8.42 Å². The van der Waals surface area contributed by atoms with Crippen LogP contribution in [0, 0.1) is 0 Å². The molecule has 2 heterocycles. The summed E-state index contributed by atoms with van der Waals surface area (Å²) in [5.74, 6) is 0. The molecule has 0 spiro atoms. The summed E-state index contributed by atoms with van der Waals surface area (Å²) in [6, 6.07) is 0.122. The number of rotatable bonds is 3. The van der Waals surface area contributed by atoms with Crippen LogP contribution in [0.1, 0.15) is 25.7 Å². The molecule has 6 heteroatoms. The Morgan fingerprint density at radius 1 is 1.13 bits per heavy atom. The van der Waals surface area contributed by atoms with Crippen molar-refractivity contribution in [2.75, 3.05) is 26.2 Å². The van der Waals surface area contributed by atoms with Crippen LogP contribution in [0.5, 0.6) is 0 Å². The Morgan fingerprint density at radius 3 is 2.33 bits per heavy atom. The van der Waals surface area contributed by atoms with Crippen LogP contribution in [0.4, 0.5) is 0 Å². The first-order valence-corrected chi connectivity index (χ1v) is 7.10. The lowest BCUT2D eigenvalue weighted by Gasteiger charge is -2.26. The molecule has 0 aromatic rings. The molecule has 88 valence electrons. The van der Waals surface area contributed by atoms with Gasteiger partial charge < -0.3 is 5.32 Å². The number of nitrogens with zero attached hydrogens (tertiary/aromatic N) is 1. The Morgan fingerprint density at radius 2 is 1.73 bits per heavy atom. The molecule has 2 aliphatic heterocycles. The molecule has 0 aromatic heterocycles. The highest BCUT2D eigenvalue weighted by Gasteiger charge is 2.28. The molecule has 2 saturated heterocycles. The van der Waals surface area contributed by atoms with E-state index in [0.717, 1.165) is 38.8 Å². The molecule has 5 nitrogen and oxygen atoms in total. The van der Waals surface area contributed by atoms with Crippen LogP contribution in [0.2, 0.25) is 0 Å². The lowest BCUT2D eigenvalue weighted by atomic mass is 10.1. The first kappa shape index (κ1) is 11.3. The average Bonchev–Trinajstić information content (AvgIpc) is 2.71. The van der Waals surface area contributed by atoms with Crippen LogP contribution < -0.4 is 10.0 Å². The zero-order valence-corrected chi connectivity index (χ0v) is 9.72. The topological polar surface area (TPSA) is 61.4 Å². The monoisotopic (exact) mass is 233 g/mol. The SMILES string of the molecule is O=S(=O)(NC1CCNCC1)N1CCCC1. The largest absolute Gasteiger partial charge is 0.317 e. The van der Waals surface area contributed by atoms with Crippen molar-refractivity contribution in [1.29, 1.82) is 0 Å². The molecule has 0 unspecified atom stereocenters. The van der Waals surface area contributed by atoms with E-state index in [1.165, 1.54) is 0 Å². The predicted molar refractivity (Wildman–Crippen MR) is 58.8 cm³/mol. The van der Waals surface area contributed by atoms with Gasteiger partial charge >= 0.3 is 0 Å². The summed E-state index contributed by atoms with van der Waals surface area (Å²) < 4.78 is 28.2. The Bertz CT molecular complexity index is 292. The highest BCUT2D eigenvalue weighted by molar-refractivity contribution is 7.87. The van der Waals surface area contributed by atoms with Crippen LogP contribution in [0.15, 0.2) is 0 Å². The summed E-state index contributed by atoms with van der Waals surface area (Å²) >= 11 is 0. The van der Waals surface area contributed by atoms with Gasteiger partial charge in [0.05, 0.1) is 0 Å². The molecule has 2 N–H and O–H groups in total. The van der Waals surface area contributed by atoms with Gasteiger partial charge in [0.2, 0.25) is 0 Å². The van der Waals surface area contributed by atoms with E-state index in [9.17, 15) is 8.42 Å². The third-order valence-electron chi connectivity index (χ3n) is 3.06. The lowest BCUT2D eigenvalue weighted by molar-refractivity contribution is 0.403.